The van der Waals surface area contributed by atoms with E-state index in [1.165, 1.54) is 4.68 Å². The van der Waals surface area contributed by atoms with Crippen molar-refractivity contribution in [1.82, 2.24) is 9.66 Å². The van der Waals surface area contributed by atoms with E-state index in [0.717, 1.165) is 10.0 Å². The highest BCUT2D eigenvalue weighted by Crippen LogP contribution is 2.23. The number of halogens is 2. The first kappa shape index (κ1) is 25.6. The number of ether oxygens (including phenoxy) is 1. The van der Waals surface area contributed by atoms with Crippen LogP contribution < -0.4 is 15.6 Å². The molecule has 0 saturated carbocycles. The number of fused-ring (bicyclic) bond motifs is 1. The van der Waals surface area contributed by atoms with Crippen LogP contribution in [-0.2, 0) is 10.2 Å². The summed E-state index contributed by atoms with van der Waals surface area (Å²) in [5.74, 6) is 0.806. The summed E-state index contributed by atoms with van der Waals surface area (Å²) in [6.45, 7) is 5.82. The Morgan fingerprint density at radius 1 is 1.11 bits per heavy atom. The summed E-state index contributed by atoms with van der Waals surface area (Å²) >= 11 is 9.27. The van der Waals surface area contributed by atoms with Crippen LogP contribution in [0.2, 0.25) is 5.02 Å². The van der Waals surface area contributed by atoms with Crippen molar-refractivity contribution in [3.05, 3.63) is 98.0 Å². The maximum absolute atomic E-state index is 13.2. The molecule has 0 aliphatic heterocycles. The molecular formula is C27H24BrClN4O3. The lowest BCUT2D eigenvalue weighted by Gasteiger charge is -2.20. The Morgan fingerprint density at radius 2 is 1.81 bits per heavy atom. The standard InChI is InChI=1S/C27H24BrClN4O3/c1-27(2,3)26-32-23-13-6-18(28)14-22(23)25(35)33(26)30-15-17-4-11-21(12-5-17)36-16-24(34)31-20-9-7-19(29)8-10-20/h4-15H,16H2,1-3H3,(H,31,34). The van der Waals surface area contributed by atoms with Gasteiger partial charge in [-0.25, -0.2) is 4.98 Å². The van der Waals surface area contributed by atoms with Crippen molar-refractivity contribution in [1.29, 1.82) is 0 Å². The average Bonchev–Trinajstić information content (AvgIpc) is 2.84. The van der Waals surface area contributed by atoms with Gasteiger partial charge in [-0.2, -0.15) is 9.78 Å². The van der Waals surface area contributed by atoms with Crippen molar-refractivity contribution in [2.75, 3.05) is 11.9 Å². The maximum Gasteiger partial charge on any atom is 0.282 e. The second-order valence-electron chi connectivity index (χ2n) is 9.12. The predicted octanol–water partition coefficient (Wildman–Crippen LogP) is 6.01. The molecule has 0 atom stereocenters. The lowest BCUT2D eigenvalue weighted by atomic mass is 9.95. The topological polar surface area (TPSA) is 85.6 Å². The molecule has 4 rings (SSSR count). The normalized spacial score (nSPS) is 11.7. The fourth-order valence-electron chi connectivity index (χ4n) is 3.40. The van der Waals surface area contributed by atoms with Crippen molar-refractivity contribution >= 4 is 56.2 Å². The fourth-order valence-corrected chi connectivity index (χ4v) is 3.88. The number of anilines is 1. The number of benzene rings is 3. The minimum absolute atomic E-state index is 0.140. The Hall–Kier alpha value is -3.49. The molecular weight excluding hydrogens is 544 g/mol. The Bertz CT molecular complexity index is 1490. The number of aromatic nitrogens is 2. The highest BCUT2D eigenvalue weighted by atomic mass is 79.9. The molecule has 0 aliphatic rings. The van der Waals surface area contributed by atoms with Gasteiger partial charge in [-0.05, 0) is 72.3 Å². The van der Waals surface area contributed by atoms with E-state index in [2.05, 4.69) is 26.3 Å². The van der Waals surface area contributed by atoms with Crippen molar-refractivity contribution in [2.24, 2.45) is 5.10 Å². The Morgan fingerprint density at radius 3 is 2.47 bits per heavy atom. The first-order chi connectivity index (χ1) is 17.1. The Kier molecular flexibility index (Phi) is 7.56. The number of hydrogen-bond donors (Lipinski definition) is 1. The molecule has 9 heteroatoms. The number of carbonyl (C=O) groups excluding carboxylic acids is 1. The zero-order valence-corrected chi connectivity index (χ0v) is 22.3. The van der Waals surface area contributed by atoms with Crippen LogP contribution in [0.1, 0.15) is 32.2 Å². The van der Waals surface area contributed by atoms with Gasteiger partial charge in [0.15, 0.2) is 6.61 Å². The number of nitrogens with zero attached hydrogens (tertiary/aromatic N) is 3. The van der Waals surface area contributed by atoms with Crippen LogP contribution in [-0.4, -0.2) is 28.4 Å². The number of nitrogens with one attached hydrogen (secondary N) is 1. The molecule has 0 aliphatic carbocycles. The largest absolute Gasteiger partial charge is 0.484 e. The smallest absolute Gasteiger partial charge is 0.282 e. The summed E-state index contributed by atoms with van der Waals surface area (Å²) in [6, 6.07) is 19.3. The molecule has 1 amide bonds. The monoisotopic (exact) mass is 566 g/mol. The second kappa shape index (κ2) is 10.6. The van der Waals surface area contributed by atoms with Gasteiger partial charge in [0.2, 0.25) is 0 Å². The highest BCUT2D eigenvalue weighted by Gasteiger charge is 2.22. The second-order valence-corrected chi connectivity index (χ2v) is 10.5. The summed E-state index contributed by atoms with van der Waals surface area (Å²) in [6.07, 6.45) is 1.60. The van der Waals surface area contributed by atoms with E-state index in [4.69, 9.17) is 21.3 Å². The van der Waals surface area contributed by atoms with Crippen LogP contribution >= 0.6 is 27.5 Å². The summed E-state index contributed by atoms with van der Waals surface area (Å²) < 4.78 is 7.72. The van der Waals surface area contributed by atoms with E-state index in [-0.39, 0.29) is 18.1 Å². The molecule has 36 heavy (non-hydrogen) atoms. The highest BCUT2D eigenvalue weighted by molar-refractivity contribution is 9.10. The molecule has 3 aromatic carbocycles. The van der Waals surface area contributed by atoms with Crippen molar-refractivity contribution in [3.63, 3.8) is 0 Å². The van der Waals surface area contributed by atoms with Gasteiger partial charge in [-0.1, -0.05) is 48.3 Å². The summed E-state index contributed by atoms with van der Waals surface area (Å²) in [5, 5.41) is 8.29. The van der Waals surface area contributed by atoms with E-state index < -0.39 is 5.41 Å². The summed E-state index contributed by atoms with van der Waals surface area (Å²) in [5.41, 5.74) is 1.38. The summed E-state index contributed by atoms with van der Waals surface area (Å²) in [4.78, 5) is 30.1. The van der Waals surface area contributed by atoms with Crippen LogP contribution in [0, 0.1) is 0 Å². The molecule has 0 spiro atoms. The SMILES string of the molecule is CC(C)(C)c1nc2ccc(Br)cc2c(=O)n1N=Cc1ccc(OCC(=O)Nc2ccc(Cl)cc2)cc1. The van der Waals surface area contributed by atoms with Crippen LogP contribution in [0.15, 0.2) is 81.1 Å². The van der Waals surface area contributed by atoms with E-state index in [1.54, 1.807) is 60.8 Å². The Labute approximate surface area is 221 Å². The number of hydrogen-bond acceptors (Lipinski definition) is 5. The molecule has 1 aromatic heterocycles. The zero-order valence-electron chi connectivity index (χ0n) is 20.0. The first-order valence-electron chi connectivity index (χ1n) is 11.2. The number of carbonyl (C=O) groups is 1. The van der Waals surface area contributed by atoms with Gasteiger partial charge in [-0.3, -0.25) is 9.59 Å². The van der Waals surface area contributed by atoms with E-state index >= 15 is 0 Å². The lowest BCUT2D eigenvalue weighted by molar-refractivity contribution is -0.118. The fraction of sp³-hybridized carbons (Fsp3) is 0.185. The van der Waals surface area contributed by atoms with Gasteiger partial charge in [0, 0.05) is 20.6 Å². The van der Waals surface area contributed by atoms with Gasteiger partial charge < -0.3 is 10.1 Å². The molecule has 1 N–H and O–H groups in total. The predicted molar refractivity (Wildman–Crippen MR) is 147 cm³/mol. The van der Waals surface area contributed by atoms with Crippen molar-refractivity contribution in [2.45, 2.75) is 26.2 Å². The van der Waals surface area contributed by atoms with Gasteiger partial charge in [0.25, 0.3) is 11.5 Å². The Balaban J connectivity index is 1.49. The third-order valence-corrected chi connectivity index (χ3v) is 5.92. The van der Waals surface area contributed by atoms with Crippen LogP contribution in [0.25, 0.3) is 10.9 Å². The molecule has 1 heterocycles. The van der Waals surface area contributed by atoms with Crippen LogP contribution in [0.4, 0.5) is 5.69 Å². The molecule has 4 aromatic rings. The minimum atomic E-state index is -0.401. The zero-order chi connectivity index (χ0) is 25.9. The van der Waals surface area contributed by atoms with Crippen molar-refractivity contribution in [3.8, 4) is 5.75 Å². The van der Waals surface area contributed by atoms with Gasteiger partial charge in [0.1, 0.15) is 11.6 Å². The number of amides is 1. The maximum atomic E-state index is 13.2. The quantitative estimate of drug-likeness (QED) is 0.289. The number of rotatable bonds is 6. The van der Waals surface area contributed by atoms with Gasteiger partial charge in [0.05, 0.1) is 17.1 Å². The molecule has 0 radical (unpaired) electrons. The van der Waals surface area contributed by atoms with Gasteiger partial charge in [-0.15, -0.1) is 0 Å². The first-order valence-corrected chi connectivity index (χ1v) is 12.3. The molecule has 184 valence electrons. The molecule has 0 bridgehead atoms. The third-order valence-electron chi connectivity index (χ3n) is 5.18. The van der Waals surface area contributed by atoms with Crippen LogP contribution in [0.3, 0.4) is 0 Å². The molecule has 0 fully saturated rings. The summed E-state index contributed by atoms with van der Waals surface area (Å²) in [7, 11) is 0. The third kappa shape index (κ3) is 6.19. The van der Waals surface area contributed by atoms with E-state index in [1.807, 2.05) is 32.9 Å². The minimum Gasteiger partial charge on any atom is -0.484 e. The van der Waals surface area contributed by atoms with E-state index in [0.29, 0.717) is 33.2 Å². The lowest BCUT2D eigenvalue weighted by Crippen LogP contribution is -2.29. The molecule has 0 unspecified atom stereocenters. The van der Waals surface area contributed by atoms with Gasteiger partial charge >= 0.3 is 0 Å². The molecule has 7 nitrogen and oxygen atoms in total. The van der Waals surface area contributed by atoms with E-state index in [9.17, 15) is 9.59 Å². The molecule has 0 saturated heterocycles. The van der Waals surface area contributed by atoms with Crippen LogP contribution in [0.5, 0.6) is 5.75 Å². The van der Waals surface area contributed by atoms with Crippen molar-refractivity contribution < 1.29 is 9.53 Å². The average molecular weight is 568 g/mol.